The monoisotopic (exact) mass is 409 g/mol. The van der Waals surface area contributed by atoms with Crippen LogP contribution < -0.4 is 0 Å². The Hall–Kier alpha value is -3.22. The predicted molar refractivity (Wildman–Crippen MR) is 109 cm³/mol. The lowest BCUT2D eigenvalue weighted by Crippen LogP contribution is -2.57. The quantitative estimate of drug-likeness (QED) is 0.728. The molecule has 156 valence electrons. The first kappa shape index (κ1) is 20.1. The van der Waals surface area contributed by atoms with Crippen LogP contribution in [0.4, 0.5) is 9.18 Å². The van der Waals surface area contributed by atoms with Gasteiger partial charge in [-0.15, -0.1) is 0 Å². The summed E-state index contributed by atoms with van der Waals surface area (Å²) in [5.74, 6) is -0.765. The second-order valence-corrected chi connectivity index (χ2v) is 7.73. The van der Waals surface area contributed by atoms with Crippen LogP contribution in [0.3, 0.4) is 0 Å². The lowest BCUT2D eigenvalue weighted by Gasteiger charge is -2.42. The minimum absolute atomic E-state index is 0.181. The van der Waals surface area contributed by atoms with Gasteiger partial charge in [-0.2, -0.15) is 0 Å². The molecule has 1 spiro atoms. The zero-order valence-electron chi connectivity index (χ0n) is 16.9. The van der Waals surface area contributed by atoms with Gasteiger partial charge in [0.15, 0.2) is 0 Å². The molecule has 30 heavy (non-hydrogen) atoms. The van der Waals surface area contributed by atoms with Crippen molar-refractivity contribution in [3.8, 4) is 0 Å². The van der Waals surface area contributed by atoms with Crippen LogP contribution in [-0.2, 0) is 11.3 Å². The molecule has 4 amide bonds. The van der Waals surface area contributed by atoms with E-state index in [-0.39, 0.29) is 17.8 Å². The molecule has 2 aliphatic heterocycles. The largest absolute Gasteiger partial charge is 0.338 e. The van der Waals surface area contributed by atoms with Crippen LogP contribution in [0.5, 0.6) is 0 Å². The Bertz CT molecular complexity index is 953. The summed E-state index contributed by atoms with van der Waals surface area (Å²) in [5.41, 5.74) is 0.445. The number of likely N-dealkylation sites (N-methyl/N-ethyl adjacent to an activating group) is 1. The third-order valence-corrected chi connectivity index (χ3v) is 6.09. The standard InChI is InChI=1S/C23H24FN3O3/c1-2-26-21(29)23(27(22(26)30)16-17-6-4-3-5-7-17)12-14-25(15-13-23)20(28)18-8-10-19(24)11-9-18/h3-11H,2,12-16H2,1H3. The van der Waals surface area contributed by atoms with E-state index in [4.69, 9.17) is 0 Å². The van der Waals surface area contributed by atoms with Gasteiger partial charge in [-0.05, 0) is 49.6 Å². The molecule has 2 aliphatic rings. The van der Waals surface area contributed by atoms with Crippen LogP contribution >= 0.6 is 0 Å². The molecule has 2 aromatic carbocycles. The van der Waals surface area contributed by atoms with Gasteiger partial charge in [0.25, 0.3) is 11.8 Å². The maximum atomic E-state index is 13.2. The fourth-order valence-corrected chi connectivity index (χ4v) is 4.38. The molecule has 6 nitrogen and oxygen atoms in total. The van der Waals surface area contributed by atoms with E-state index in [9.17, 15) is 18.8 Å². The Labute approximate surface area is 174 Å². The molecule has 0 saturated carbocycles. The zero-order chi connectivity index (χ0) is 21.3. The highest BCUT2D eigenvalue weighted by Crippen LogP contribution is 2.38. The number of likely N-dealkylation sites (tertiary alicyclic amines) is 1. The number of hydrogen-bond acceptors (Lipinski definition) is 3. The summed E-state index contributed by atoms with van der Waals surface area (Å²) in [6.45, 7) is 3.19. The fourth-order valence-electron chi connectivity index (χ4n) is 4.38. The molecular weight excluding hydrogens is 385 g/mol. The van der Waals surface area contributed by atoms with E-state index in [2.05, 4.69) is 0 Å². The van der Waals surface area contributed by atoms with Crippen LogP contribution in [0.25, 0.3) is 0 Å². The zero-order valence-corrected chi connectivity index (χ0v) is 16.9. The van der Waals surface area contributed by atoms with Crippen molar-refractivity contribution >= 4 is 17.8 Å². The van der Waals surface area contributed by atoms with Crippen LogP contribution in [0.1, 0.15) is 35.7 Å². The molecule has 0 bridgehead atoms. The van der Waals surface area contributed by atoms with E-state index in [1.807, 2.05) is 30.3 Å². The number of urea groups is 1. The van der Waals surface area contributed by atoms with Gasteiger partial charge < -0.3 is 9.80 Å². The van der Waals surface area contributed by atoms with E-state index < -0.39 is 11.4 Å². The Balaban J connectivity index is 1.55. The summed E-state index contributed by atoms with van der Waals surface area (Å²) < 4.78 is 13.2. The normalized spacial score (nSPS) is 18.4. The Morgan fingerprint density at radius 2 is 1.63 bits per heavy atom. The second kappa shape index (κ2) is 7.89. The first-order chi connectivity index (χ1) is 14.5. The van der Waals surface area contributed by atoms with Gasteiger partial charge in [0.2, 0.25) is 0 Å². The Kier molecular flexibility index (Phi) is 5.28. The van der Waals surface area contributed by atoms with Gasteiger partial charge in [-0.25, -0.2) is 9.18 Å². The minimum atomic E-state index is -0.928. The van der Waals surface area contributed by atoms with Crippen molar-refractivity contribution in [3.63, 3.8) is 0 Å². The number of hydrogen-bond donors (Lipinski definition) is 0. The second-order valence-electron chi connectivity index (χ2n) is 7.73. The Morgan fingerprint density at radius 1 is 1.00 bits per heavy atom. The van der Waals surface area contributed by atoms with E-state index >= 15 is 0 Å². The number of carbonyl (C=O) groups is 3. The van der Waals surface area contributed by atoms with Crippen molar-refractivity contribution in [2.75, 3.05) is 19.6 Å². The number of rotatable bonds is 4. The van der Waals surface area contributed by atoms with E-state index in [1.165, 1.54) is 29.2 Å². The van der Waals surface area contributed by atoms with Crippen LogP contribution in [0.2, 0.25) is 0 Å². The molecule has 2 heterocycles. The van der Waals surface area contributed by atoms with E-state index in [0.717, 1.165) is 5.56 Å². The molecule has 0 aromatic heterocycles. The van der Waals surface area contributed by atoms with Gasteiger partial charge in [0, 0.05) is 31.7 Å². The number of benzene rings is 2. The summed E-state index contributed by atoms with van der Waals surface area (Å²) in [7, 11) is 0. The number of piperidine rings is 1. The first-order valence-corrected chi connectivity index (χ1v) is 10.2. The predicted octanol–water partition coefficient (Wildman–Crippen LogP) is 3.28. The molecular formula is C23H24FN3O3. The summed E-state index contributed by atoms with van der Waals surface area (Å²) >= 11 is 0. The van der Waals surface area contributed by atoms with Crippen LogP contribution in [0.15, 0.2) is 54.6 Å². The van der Waals surface area contributed by atoms with Gasteiger partial charge in [-0.1, -0.05) is 30.3 Å². The third-order valence-electron chi connectivity index (χ3n) is 6.09. The summed E-state index contributed by atoms with van der Waals surface area (Å²) in [5, 5.41) is 0. The molecule has 2 aromatic rings. The van der Waals surface area contributed by atoms with Gasteiger partial charge >= 0.3 is 6.03 Å². The summed E-state index contributed by atoms with van der Waals surface area (Å²) in [6, 6.07) is 14.8. The summed E-state index contributed by atoms with van der Waals surface area (Å²) in [6.07, 6.45) is 0.766. The number of halogens is 1. The molecule has 0 atom stereocenters. The summed E-state index contributed by atoms with van der Waals surface area (Å²) in [4.78, 5) is 43.7. The fraction of sp³-hybridized carbons (Fsp3) is 0.348. The molecule has 0 aliphatic carbocycles. The highest BCUT2D eigenvalue weighted by Gasteiger charge is 2.57. The van der Waals surface area contributed by atoms with Gasteiger partial charge in [0.05, 0.1) is 0 Å². The highest BCUT2D eigenvalue weighted by atomic mass is 19.1. The third kappa shape index (κ3) is 3.34. The van der Waals surface area contributed by atoms with Crippen molar-refractivity contribution in [3.05, 3.63) is 71.5 Å². The highest BCUT2D eigenvalue weighted by molar-refractivity contribution is 6.07. The van der Waals surface area contributed by atoms with Gasteiger partial charge in [-0.3, -0.25) is 14.5 Å². The van der Waals surface area contributed by atoms with E-state index in [1.54, 1.807) is 16.7 Å². The number of imide groups is 1. The number of carbonyl (C=O) groups excluding carboxylic acids is 3. The smallest absolute Gasteiger partial charge is 0.327 e. The molecule has 0 radical (unpaired) electrons. The maximum Gasteiger partial charge on any atom is 0.327 e. The van der Waals surface area contributed by atoms with Crippen LogP contribution in [-0.4, -0.2) is 57.7 Å². The van der Waals surface area contributed by atoms with Crippen molar-refractivity contribution in [2.45, 2.75) is 31.8 Å². The van der Waals surface area contributed by atoms with Crippen LogP contribution in [0, 0.1) is 5.82 Å². The molecule has 4 rings (SSSR count). The van der Waals surface area contributed by atoms with Gasteiger partial charge in [0.1, 0.15) is 11.4 Å². The lowest BCUT2D eigenvalue weighted by molar-refractivity contribution is -0.135. The molecule has 2 saturated heterocycles. The Morgan fingerprint density at radius 3 is 2.23 bits per heavy atom. The number of nitrogens with zero attached hydrogens (tertiary/aromatic N) is 3. The molecule has 7 heteroatoms. The minimum Gasteiger partial charge on any atom is -0.338 e. The van der Waals surface area contributed by atoms with Crippen molar-refractivity contribution < 1.29 is 18.8 Å². The topological polar surface area (TPSA) is 60.9 Å². The van der Waals surface area contributed by atoms with E-state index in [0.29, 0.717) is 44.6 Å². The van der Waals surface area contributed by atoms with Crippen molar-refractivity contribution in [1.82, 2.24) is 14.7 Å². The average molecular weight is 409 g/mol. The molecule has 2 fully saturated rings. The molecule has 0 N–H and O–H groups in total. The van der Waals surface area contributed by atoms with Crippen molar-refractivity contribution in [2.24, 2.45) is 0 Å². The first-order valence-electron chi connectivity index (χ1n) is 10.2. The number of amides is 4. The maximum absolute atomic E-state index is 13.2. The SMILES string of the molecule is CCN1C(=O)N(Cc2ccccc2)C2(CCN(C(=O)c3ccc(F)cc3)CC2)C1=O. The average Bonchev–Trinajstić information content (AvgIpc) is 2.96. The van der Waals surface area contributed by atoms with Crippen molar-refractivity contribution in [1.29, 1.82) is 0 Å². The lowest BCUT2D eigenvalue weighted by atomic mass is 9.85. The molecule has 0 unspecified atom stereocenters.